The van der Waals surface area contributed by atoms with Gasteiger partial charge in [-0.3, -0.25) is 4.98 Å². The van der Waals surface area contributed by atoms with Crippen molar-refractivity contribution in [2.75, 3.05) is 31.6 Å². The van der Waals surface area contributed by atoms with Crippen LogP contribution in [-0.4, -0.2) is 59.5 Å². The maximum atomic E-state index is 12.4. The number of pyridine rings is 1. The third kappa shape index (κ3) is 111. The monoisotopic (exact) mass is 1830 g/mol. The van der Waals surface area contributed by atoms with Crippen LogP contribution in [0.5, 0.6) is 0 Å². The molecule has 12 rings (SSSR count). The van der Waals surface area contributed by atoms with E-state index in [1.807, 2.05) is 191 Å². The van der Waals surface area contributed by atoms with Gasteiger partial charge in [-0.15, -0.1) is 24.7 Å². The highest BCUT2D eigenvalue weighted by molar-refractivity contribution is 7.91. The molecule has 1 N–H and O–H groups in total. The molecular weight excluding hydrogens is 1640 g/mol. The molecule has 0 spiro atoms. The Morgan fingerprint density at radius 2 is 0.908 bits per heavy atom. The number of H-pyrrole nitrogens is 1. The van der Waals surface area contributed by atoms with Crippen LogP contribution < -0.4 is 0 Å². The number of hydrogen-bond acceptors (Lipinski definition) is 5. The first-order valence-corrected chi connectivity index (χ1v) is 50.9. The lowest BCUT2D eigenvalue weighted by Gasteiger charge is -2.26. The van der Waals surface area contributed by atoms with Gasteiger partial charge in [-0.05, 0) is 265 Å². The number of nitrogens with zero attached hydrogens (tertiary/aromatic N) is 3. The second-order valence-corrected chi connectivity index (χ2v) is 36.8. The fraction of sp³-hybridized carbons (Fsp3) is 0.581. The van der Waals surface area contributed by atoms with Crippen molar-refractivity contribution in [1.29, 1.82) is 0 Å². The van der Waals surface area contributed by atoms with Gasteiger partial charge in [0.15, 0.2) is 33.1 Å². The van der Waals surface area contributed by atoms with Gasteiger partial charge < -0.3 is 18.9 Å². The predicted octanol–water partition coefficient (Wildman–Crippen LogP) is 37.2. The topological polar surface area (TPSA) is 84.1 Å². The molecule has 0 bridgehead atoms. The highest BCUT2D eigenvalue weighted by atomic mass is 32.2. The van der Waals surface area contributed by atoms with Gasteiger partial charge in [-0.1, -0.05) is 342 Å². The number of likely N-dealkylation sites (tertiary alicyclic amines) is 1. The van der Waals surface area contributed by atoms with Gasteiger partial charge >= 0.3 is 0 Å². The maximum absolute atomic E-state index is 12.4. The van der Waals surface area contributed by atoms with Crippen molar-refractivity contribution < 1.29 is 34.8 Å². The van der Waals surface area contributed by atoms with Gasteiger partial charge in [0, 0.05) is 56.2 Å². The van der Waals surface area contributed by atoms with Crippen LogP contribution in [0.2, 0.25) is 0 Å². The summed E-state index contributed by atoms with van der Waals surface area (Å²) < 4.78 is 89.6. The summed E-state index contributed by atoms with van der Waals surface area (Å²) in [7, 11) is 1.60. The van der Waals surface area contributed by atoms with Crippen LogP contribution in [0, 0.1) is 124 Å². The average molecular weight is 1830 g/mol. The van der Waals surface area contributed by atoms with Gasteiger partial charge in [0.2, 0.25) is 5.82 Å². The fourth-order valence-corrected chi connectivity index (χ4v) is 12.9. The molecule has 1 atom stereocenters. The van der Waals surface area contributed by atoms with E-state index in [9.17, 15) is 30.4 Å². The van der Waals surface area contributed by atoms with Gasteiger partial charge in [0.1, 0.15) is 0 Å². The molecular formula is C117H195F5N4O3S. The van der Waals surface area contributed by atoms with E-state index in [-0.39, 0.29) is 0 Å². The van der Waals surface area contributed by atoms with Crippen LogP contribution in [0.15, 0.2) is 217 Å². The molecule has 7 nitrogen and oxygen atoms in total. The lowest BCUT2D eigenvalue weighted by atomic mass is 9.88. The minimum atomic E-state index is -2.60. The Bertz CT molecular complexity index is 3480. The summed E-state index contributed by atoms with van der Waals surface area (Å²) in [5.41, 5.74) is 6.89. The van der Waals surface area contributed by atoms with Crippen molar-refractivity contribution in [3.05, 3.63) is 270 Å². The number of nitrogens with one attached hydrogen (secondary N) is 1. The molecule has 4 saturated carbocycles. The quantitative estimate of drug-likeness (QED) is 0.0228. The number of aromatic amines is 1. The number of rotatable bonds is 9. The number of piperidine rings is 1. The zero-order valence-electron chi connectivity index (χ0n) is 88.4. The molecule has 2 aromatic carbocycles. The SMILES string of the molecule is C#CC.C#CCC.C/C=C/C.C/C=C/C=C/CC.C/C=C/C=C/CCCCC.C/C=C/CCC.CC1CCC1.CC1CCCC1.CC1CCCCC1.CC1CCCCCC1.CC1CCN(C)CC1.CC1CCS(=O)(=O)C1.CC=C(C)C.CC=C(C)C.Cc1c(F)c(F)c(F)c(F)c1F.Cc1cc[nH]c1.Cc1ccccc1.Cc1cccnc1.Cc1ccoc1.Cn1cccc1. The summed E-state index contributed by atoms with van der Waals surface area (Å²) in [6, 6.07) is 22.2. The number of aromatic nitrogens is 3. The molecule has 6 fully saturated rings. The predicted molar refractivity (Wildman–Crippen MR) is 570 cm³/mol. The van der Waals surface area contributed by atoms with Gasteiger partial charge in [-0.25, -0.2) is 30.4 Å². The summed E-state index contributed by atoms with van der Waals surface area (Å²) in [6.07, 6.45) is 93.5. The average Bonchev–Trinajstić information content (AvgIpc) is 0.938. The molecule has 2 saturated heterocycles. The van der Waals surface area contributed by atoms with Gasteiger partial charge in [0.25, 0.3) is 0 Å². The standard InChI is InChI=1S/C10H18.C8H16.C7H3F5.C7H15N.C7H14.C7H8.C7H12.C6H7N.2C6H12.2C5H7N.C5H10O2S.C5H6O.3C5H10.C4H8.C4H6.C3H4/c1-3-5-7-9-10-8-6-4-2;1-8-6-4-2-3-5-7-8;1-2-3(8)5(10)7(12)6(11)4(2)9;1-7-3-5-8(2)6-4-7;2*1-7-5-3-2-4-6-7;1-3-5-7-6-4-2;1-6-3-2-4-7-5-6;1-6-4-2-3-5-6;1-3-5-6-4-2;1-5-2-3-6-4-5;1-6-4-2-3-5-6;1-5-2-3-8(6,7)4-5;1-5-2-3-6-4-5;1-5-3-2-4-5;2*1-4-5(2)3;2*1-3-4-2;1-3-2/h3,5,7,9H,4,6,8,10H2,1-2H3;8H,2-7H2,1H3;1H3;7H,3-6H2,1-2H3;7H,2-6H2,1H3;2-6H,1H3;3,5-7H,4H2,1-2H3;2-5H,1H3;6H,2-5H2,1H3;3,5H,4,6H2,1-2H3;2-4,6H,1H3;2-5H,1H3;5H,2-4H2,1H3;2-4H,1H3;5H,2-4H2,1H3;2*4H,1-3H3;3-4H,1-2H3;1H,4H2,2H3;1H,2H3/b5-3+,9-7+;;;;;;5-3+,7-6+;;;5-3+;;;;;;;;4-3+;;. The number of sulfone groups is 1. The molecule has 6 aliphatic rings. The molecule has 2 aliphatic heterocycles. The van der Waals surface area contributed by atoms with Crippen molar-refractivity contribution in [2.45, 2.75) is 373 Å². The van der Waals surface area contributed by atoms with Crippen molar-refractivity contribution in [3.8, 4) is 24.7 Å². The minimum Gasteiger partial charge on any atom is -0.472 e. The summed E-state index contributed by atoms with van der Waals surface area (Å²) in [5.74, 6) is 1.53. The van der Waals surface area contributed by atoms with E-state index >= 15 is 0 Å². The van der Waals surface area contributed by atoms with E-state index in [2.05, 4.69) is 217 Å². The van der Waals surface area contributed by atoms with Crippen LogP contribution >= 0.6 is 0 Å². The zero-order chi connectivity index (χ0) is 100. The first-order valence-electron chi connectivity index (χ1n) is 49.1. The number of terminal acetylenes is 2. The second-order valence-electron chi connectivity index (χ2n) is 34.6. The molecule has 130 heavy (non-hydrogen) atoms. The van der Waals surface area contributed by atoms with Gasteiger partial charge in [0.05, 0.1) is 24.0 Å². The highest BCUT2D eigenvalue weighted by Crippen LogP contribution is 2.26. The zero-order valence-corrected chi connectivity index (χ0v) is 89.2. The molecule has 742 valence electrons. The third-order valence-electron chi connectivity index (χ3n) is 20.4. The van der Waals surface area contributed by atoms with Crippen LogP contribution in [-0.2, 0) is 16.9 Å². The number of furan rings is 1. The highest BCUT2D eigenvalue weighted by Gasteiger charge is 2.24. The van der Waals surface area contributed by atoms with E-state index in [0.29, 0.717) is 17.4 Å². The van der Waals surface area contributed by atoms with Crippen LogP contribution in [0.4, 0.5) is 22.0 Å². The number of benzene rings is 2. The molecule has 6 aromatic rings. The number of allylic oxidation sites excluding steroid dienone is 16. The Morgan fingerprint density at radius 1 is 0.485 bits per heavy atom. The van der Waals surface area contributed by atoms with Gasteiger partial charge in [-0.2, -0.15) is 0 Å². The largest absolute Gasteiger partial charge is 0.472 e. The summed E-state index contributed by atoms with van der Waals surface area (Å²) in [4.78, 5) is 9.22. The van der Waals surface area contributed by atoms with E-state index in [1.54, 1.807) is 25.6 Å². The third-order valence-corrected chi connectivity index (χ3v) is 22.3. The number of halogens is 5. The normalized spacial score (nSPS) is 15.1. The van der Waals surface area contributed by atoms with Crippen LogP contribution in [0.25, 0.3) is 0 Å². The van der Waals surface area contributed by atoms with Crippen LogP contribution in [0.1, 0.15) is 366 Å². The second kappa shape index (κ2) is 105. The first kappa shape index (κ1) is 137. The van der Waals surface area contributed by atoms with Crippen molar-refractivity contribution in [2.24, 2.45) is 42.6 Å². The summed E-state index contributed by atoms with van der Waals surface area (Å²) >= 11 is 0. The van der Waals surface area contributed by atoms with E-state index in [0.717, 1.165) is 55.8 Å². The molecule has 0 radical (unpaired) electrons. The maximum Gasteiger partial charge on any atom is 0.200 e. The molecule has 13 heteroatoms. The first-order chi connectivity index (χ1) is 61.9. The minimum absolute atomic E-state index is 0.403. The molecule has 4 aliphatic carbocycles. The Labute approximate surface area is 800 Å². The van der Waals surface area contributed by atoms with E-state index in [4.69, 9.17) is 10.8 Å². The van der Waals surface area contributed by atoms with Crippen LogP contribution in [0.3, 0.4) is 0 Å². The van der Waals surface area contributed by atoms with Crippen molar-refractivity contribution in [1.82, 2.24) is 19.4 Å². The Hall–Kier alpha value is -7.97. The lowest BCUT2D eigenvalue weighted by molar-refractivity contribution is 0.230. The molecule has 0 amide bonds. The van der Waals surface area contributed by atoms with E-state index < -0.39 is 44.5 Å². The Morgan fingerprint density at radius 3 is 1.13 bits per heavy atom. The summed E-state index contributed by atoms with van der Waals surface area (Å²) in [5, 5.41) is 0. The Balaban J connectivity index is -0.000000202. The van der Waals surface area contributed by atoms with Crippen molar-refractivity contribution in [3.63, 3.8) is 0 Å². The molecule has 4 aromatic heterocycles. The molecule has 6 heterocycles. The fourth-order valence-electron chi connectivity index (χ4n) is 11.0. The lowest BCUT2D eigenvalue weighted by Crippen LogP contribution is -2.28. The summed E-state index contributed by atoms with van der Waals surface area (Å²) in [6.45, 7) is 57.9. The number of aryl methyl sites for hydroxylation is 5. The smallest absolute Gasteiger partial charge is 0.200 e. The van der Waals surface area contributed by atoms with Crippen molar-refractivity contribution >= 4 is 9.84 Å². The van der Waals surface area contributed by atoms with E-state index in [1.165, 1.54) is 213 Å². The Kier molecular flexibility index (Phi) is 111. The number of unbranched alkanes of at least 4 members (excludes halogenated alkanes) is 4. The number of hydrogen-bond donors (Lipinski definition) is 1. The molecule has 1 unspecified atom stereocenters.